The van der Waals surface area contributed by atoms with Gasteiger partial charge in [0.05, 0.1) is 13.2 Å². The van der Waals surface area contributed by atoms with Crippen LogP contribution in [0.2, 0.25) is 0 Å². The van der Waals surface area contributed by atoms with Gasteiger partial charge >= 0.3 is 57.6 Å². The zero-order valence-electron chi connectivity index (χ0n) is 16.8. The summed E-state index contributed by atoms with van der Waals surface area (Å²) in [5, 5.41) is 37.7. The molecule has 1 aromatic carbocycles. The van der Waals surface area contributed by atoms with Crippen molar-refractivity contribution in [3.8, 4) is 0 Å². The summed E-state index contributed by atoms with van der Waals surface area (Å²) in [5.41, 5.74) is 0.713. The third kappa shape index (κ3) is 5.95. The van der Waals surface area contributed by atoms with Gasteiger partial charge in [-0.25, -0.2) is 4.39 Å². The zero-order valence-corrected chi connectivity index (χ0v) is 23.3. The molecular formula is C18H22BFI3O10-. The van der Waals surface area contributed by atoms with E-state index in [4.69, 9.17) is 33.4 Å². The maximum absolute atomic E-state index is 12.9. The van der Waals surface area contributed by atoms with E-state index in [0.29, 0.717) is 25.3 Å². The predicted octanol–water partition coefficient (Wildman–Crippen LogP) is -3.98. The van der Waals surface area contributed by atoms with Gasteiger partial charge < -0.3 is 48.7 Å². The number of hydrogen-bond donors (Lipinski definition) is 4. The van der Waals surface area contributed by atoms with Crippen LogP contribution in [0.15, 0.2) is 24.3 Å². The van der Waals surface area contributed by atoms with Crippen LogP contribution < -0.4 is 18.7 Å². The Kier molecular flexibility index (Phi) is 9.86. The summed E-state index contributed by atoms with van der Waals surface area (Å²) in [5.74, 6) is -0.313. The van der Waals surface area contributed by atoms with Crippen molar-refractivity contribution < 1.29 is 66.3 Å². The minimum atomic E-state index is -1.15. The standard InChI is InChI=1S/C12H12BFO5.C6H10O5.I3/c14-7-3-1-6(2-4-7)13-18-10-8-5-16-12(17-8)11(19-13)9(10)15;7-3-2-1-10-6(11-2)5(9)4(3)8;1-3-2/h1-4,8-12,15H,5H2;2-9H,1H2;/q;;-1/t8-,9+,10?,11?,12-;2-,3?,4+,5?,6-;/m11./s1. The summed E-state index contributed by atoms with van der Waals surface area (Å²) in [6.07, 6.45) is -7.22. The number of hydrogen-bond acceptors (Lipinski definition) is 10. The summed E-state index contributed by atoms with van der Waals surface area (Å²) < 4.78 is 45.2. The molecule has 15 heteroatoms. The Balaban J connectivity index is 0.000000157. The van der Waals surface area contributed by atoms with E-state index < -0.39 is 62.4 Å². The number of rotatable bonds is 1. The molecule has 186 valence electrons. The quantitative estimate of drug-likeness (QED) is 0.165. The van der Waals surface area contributed by atoms with Gasteiger partial charge in [0, 0.05) is 0 Å². The first-order valence-corrected chi connectivity index (χ1v) is 22.6. The van der Waals surface area contributed by atoms with Gasteiger partial charge in [0.15, 0.2) is 12.6 Å². The Hall–Kier alpha value is 1.00. The number of halogens is 4. The normalized spacial score (nSPS) is 42.8. The largest absolute Gasteiger partial charge is 0.494 e. The maximum atomic E-state index is 12.9. The average Bonchev–Trinajstić information content (AvgIpc) is 3.45. The molecule has 10 atom stereocenters. The molecule has 6 bridgehead atoms. The molecule has 5 aliphatic rings. The number of benzene rings is 1. The first kappa shape index (κ1) is 27.1. The molecule has 0 amide bonds. The van der Waals surface area contributed by atoms with Gasteiger partial charge in [0.2, 0.25) is 0 Å². The minimum Gasteiger partial charge on any atom is -0.399 e. The predicted molar refractivity (Wildman–Crippen MR) is 123 cm³/mol. The van der Waals surface area contributed by atoms with E-state index in [1.165, 1.54) is 12.1 Å². The smallest absolute Gasteiger partial charge is 0.399 e. The van der Waals surface area contributed by atoms with E-state index in [1.54, 1.807) is 12.1 Å². The second-order valence-electron chi connectivity index (χ2n) is 7.85. The second-order valence-corrected chi connectivity index (χ2v) is 24.1. The minimum absolute atomic E-state index is 0.236. The Morgan fingerprint density at radius 3 is 2.06 bits per heavy atom. The molecule has 6 rings (SSSR count). The SMILES string of the molecule is I[I-]I.OC1[C@@H]2OC[C@@H](O2)C(O)[C@@H]1O.O[C@@H]1C2OB(c3ccc(F)cc3)OC1[C@H]1CO[C@@H]2O1. The topological polar surface area (TPSA) is 136 Å². The zero-order chi connectivity index (χ0) is 23.7. The van der Waals surface area contributed by atoms with Gasteiger partial charge in [-0.1, -0.05) is 12.1 Å². The summed E-state index contributed by atoms with van der Waals surface area (Å²) in [7, 11) is -0.630. The van der Waals surface area contributed by atoms with Gasteiger partial charge in [-0.3, -0.25) is 0 Å². The van der Waals surface area contributed by atoms with Crippen LogP contribution in [0.5, 0.6) is 0 Å². The third-order valence-electron chi connectivity index (χ3n) is 5.84. The van der Waals surface area contributed by atoms with E-state index in [1.807, 2.05) is 0 Å². The van der Waals surface area contributed by atoms with E-state index in [9.17, 15) is 19.7 Å². The fourth-order valence-corrected chi connectivity index (χ4v) is 4.14. The summed E-state index contributed by atoms with van der Waals surface area (Å²) in [4.78, 5) is 0. The van der Waals surface area contributed by atoms with Gasteiger partial charge in [0.1, 0.15) is 54.6 Å². The fourth-order valence-electron chi connectivity index (χ4n) is 4.14. The van der Waals surface area contributed by atoms with Crippen molar-refractivity contribution in [3.63, 3.8) is 0 Å². The second kappa shape index (κ2) is 12.0. The fraction of sp³-hybridized carbons (Fsp3) is 0.667. The molecule has 0 spiro atoms. The van der Waals surface area contributed by atoms with Gasteiger partial charge in [-0.15, -0.1) is 0 Å². The number of fused-ring (bicyclic) bond motifs is 8. The first-order chi connectivity index (χ1) is 15.8. The molecule has 4 unspecified atom stereocenters. The van der Waals surface area contributed by atoms with Crippen LogP contribution in [0, 0.1) is 5.82 Å². The molecule has 33 heavy (non-hydrogen) atoms. The molecule has 0 radical (unpaired) electrons. The van der Waals surface area contributed by atoms with Crippen LogP contribution >= 0.6 is 37.2 Å². The van der Waals surface area contributed by atoms with Gasteiger partial charge in [-0.2, -0.15) is 0 Å². The summed E-state index contributed by atoms with van der Waals surface area (Å²) in [6.45, 7) is 0.627. The molecule has 0 aliphatic carbocycles. The van der Waals surface area contributed by atoms with Crippen molar-refractivity contribution in [1.82, 2.24) is 0 Å². The first-order valence-electron chi connectivity index (χ1n) is 10.0. The van der Waals surface area contributed by atoms with Crippen molar-refractivity contribution in [1.29, 1.82) is 0 Å². The maximum Gasteiger partial charge on any atom is 0.494 e. The Morgan fingerprint density at radius 1 is 0.788 bits per heavy atom. The van der Waals surface area contributed by atoms with Crippen LogP contribution in [-0.4, -0.2) is 102 Å². The van der Waals surface area contributed by atoms with Crippen molar-refractivity contribution in [3.05, 3.63) is 30.1 Å². The van der Waals surface area contributed by atoms with Crippen LogP contribution in [0.25, 0.3) is 0 Å². The summed E-state index contributed by atoms with van der Waals surface area (Å²) in [6, 6.07) is 5.92. The van der Waals surface area contributed by atoms with Gasteiger partial charge in [0.25, 0.3) is 0 Å². The molecule has 10 nitrogen and oxygen atoms in total. The summed E-state index contributed by atoms with van der Waals surface area (Å²) >= 11 is 5.30. The molecule has 5 aliphatic heterocycles. The van der Waals surface area contributed by atoms with E-state index in [2.05, 4.69) is 37.2 Å². The van der Waals surface area contributed by atoms with Crippen molar-refractivity contribution in [2.24, 2.45) is 0 Å². The van der Waals surface area contributed by atoms with E-state index >= 15 is 0 Å². The number of ether oxygens (including phenoxy) is 4. The Bertz CT molecular complexity index is 744. The van der Waals surface area contributed by atoms with E-state index in [0.717, 1.165) is 0 Å². The van der Waals surface area contributed by atoms with Crippen molar-refractivity contribution in [2.75, 3.05) is 13.2 Å². The molecule has 0 saturated carbocycles. The number of aliphatic hydroxyl groups excluding tert-OH is 4. The van der Waals surface area contributed by atoms with Crippen molar-refractivity contribution >= 4 is 49.8 Å². The van der Waals surface area contributed by atoms with E-state index in [-0.39, 0.29) is 18.5 Å². The van der Waals surface area contributed by atoms with Crippen LogP contribution in [0.1, 0.15) is 0 Å². The molecule has 4 N–H and O–H groups in total. The molecule has 5 fully saturated rings. The van der Waals surface area contributed by atoms with Crippen LogP contribution in [-0.2, 0) is 28.3 Å². The molecular weight excluding hydrogens is 787 g/mol. The van der Waals surface area contributed by atoms with Crippen LogP contribution in [0.3, 0.4) is 0 Å². The molecule has 1 aromatic rings. The van der Waals surface area contributed by atoms with Crippen LogP contribution in [0.4, 0.5) is 4.39 Å². The third-order valence-corrected chi connectivity index (χ3v) is 5.84. The molecule has 0 aromatic heterocycles. The van der Waals surface area contributed by atoms with Crippen molar-refractivity contribution in [2.45, 2.75) is 61.4 Å². The molecule has 5 heterocycles. The Labute approximate surface area is 219 Å². The Morgan fingerprint density at radius 2 is 1.36 bits per heavy atom. The van der Waals surface area contributed by atoms with Gasteiger partial charge in [-0.05, 0) is 17.6 Å². The monoisotopic (exact) mass is 809 g/mol. The molecule has 5 saturated heterocycles. The average molecular weight is 809 g/mol. The number of aliphatic hydroxyl groups is 4.